The summed E-state index contributed by atoms with van der Waals surface area (Å²) >= 11 is 0. The Bertz CT molecular complexity index is 544. The number of aliphatic hydroxyl groups excluding tert-OH is 1. The number of rotatable bonds is 8. The Morgan fingerprint density at radius 2 is 2.30 bits per heavy atom. The number of aromatic amines is 1. The fraction of sp³-hybridized carbons (Fsp3) is 0.583. The van der Waals surface area contributed by atoms with Crippen LogP contribution in [-0.4, -0.2) is 58.0 Å². The number of methoxy groups -OCH3 is 1. The van der Waals surface area contributed by atoms with E-state index in [0.717, 1.165) is 13.0 Å². The summed E-state index contributed by atoms with van der Waals surface area (Å²) in [5, 5.41) is 15.6. The lowest BCUT2D eigenvalue weighted by molar-refractivity contribution is 0.153. The van der Waals surface area contributed by atoms with E-state index in [2.05, 4.69) is 37.5 Å². The molecule has 0 aliphatic heterocycles. The van der Waals surface area contributed by atoms with Gasteiger partial charge in [-0.25, -0.2) is 4.98 Å². The number of aliphatic hydroxyl groups is 1. The average molecular weight is 280 g/mol. The summed E-state index contributed by atoms with van der Waals surface area (Å²) in [6.07, 6.45) is 2.55. The van der Waals surface area contributed by atoms with Crippen LogP contribution < -0.4 is 10.6 Å². The second-order valence-corrected chi connectivity index (χ2v) is 4.40. The number of nitrogens with zero attached hydrogens (tertiary/aromatic N) is 3. The van der Waals surface area contributed by atoms with E-state index >= 15 is 0 Å². The van der Waals surface area contributed by atoms with Crippen molar-refractivity contribution in [2.24, 2.45) is 0 Å². The van der Waals surface area contributed by atoms with Crippen molar-refractivity contribution in [3.63, 3.8) is 0 Å². The molecule has 8 nitrogen and oxygen atoms in total. The molecular weight excluding hydrogens is 260 g/mol. The minimum atomic E-state index is -0.236. The molecule has 1 atom stereocenters. The highest BCUT2D eigenvalue weighted by Gasteiger charge is 2.14. The van der Waals surface area contributed by atoms with E-state index in [1.54, 1.807) is 13.4 Å². The Morgan fingerprint density at radius 3 is 3.00 bits per heavy atom. The van der Waals surface area contributed by atoms with E-state index < -0.39 is 0 Å². The highest BCUT2D eigenvalue weighted by Crippen LogP contribution is 2.19. The molecule has 0 aromatic carbocycles. The minimum Gasteiger partial charge on any atom is -0.394 e. The van der Waals surface area contributed by atoms with Crippen LogP contribution in [0.3, 0.4) is 0 Å². The van der Waals surface area contributed by atoms with Crippen molar-refractivity contribution >= 4 is 22.9 Å². The van der Waals surface area contributed by atoms with Crippen LogP contribution in [0.2, 0.25) is 0 Å². The summed E-state index contributed by atoms with van der Waals surface area (Å²) in [7, 11) is 1.59. The number of imidazole rings is 1. The first kappa shape index (κ1) is 14.5. The lowest BCUT2D eigenvalue weighted by Gasteiger charge is -2.16. The minimum absolute atomic E-state index is 0.0504. The number of aromatic nitrogens is 4. The van der Waals surface area contributed by atoms with Crippen LogP contribution in [-0.2, 0) is 4.74 Å². The molecule has 0 amide bonds. The summed E-state index contributed by atoms with van der Waals surface area (Å²) in [6.45, 7) is 3.19. The van der Waals surface area contributed by atoms with Gasteiger partial charge in [0.15, 0.2) is 11.5 Å². The van der Waals surface area contributed by atoms with Crippen LogP contribution in [0.4, 0.5) is 11.8 Å². The molecule has 110 valence electrons. The van der Waals surface area contributed by atoms with E-state index in [9.17, 15) is 5.11 Å². The number of fused-ring (bicyclic) bond motifs is 1. The van der Waals surface area contributed by atoms with Crippen LogP contribution in [0.15, 0.2) is 6.33 Å². The Hall–Kier alpha value is -1.93. The molecule has 8 heteroatoms. The number of ether oxygens (including phenoxy) is 1. The highest BCUT2D eigenvalue weighted by molar-refractivity contribution is 5.83. The van der Waals surface area contributed by atoms with Gasteiger partial charge in [0.1, 0.15) is 5.52 Å². The molecule has 0 saturated heterocycles. The van der Waals surface area contributed by atoms with Gasteiger partial charge in [0.2, 0.25) is 5.95 Å². The molecule has 2 rings (SSSR count). The maximum atomic E-state index is 9.32. The molecular formula is C12H20N6O2. The van der Waals surface area contributed by atoms with Crippen molar-refractivity contribution in [1.82, 2.24) is 19.9 Å². The quantitative estimate of drug-likeness (QED) is 0.560. The third-order valence-corrected chi connectivity index (χ3v) is 2.75. The SMILES string of the molecule is CCCNc1nc(NC(CO)COC)c2[nH]cnc2n1. The molecule has 0 spiro atoms. The maximum absolute atomic E-state index is 9.32. The van der Waals surface area contributed by atoms with Crippen molar-refractivity contribution in [1.29, 1.82) is 0 Å². The zero-order chi connectivity index (χ0) is 14.4. The highest BCUT2D eigenvalue weighted by atomic mass is 16.5. The van der Waals surface area contributed by atoms with Crippen molar-refractivity contribution in [2.45, 2.75) is 19.4 Å². The predicted molar refractivity (Wildman–Crippen MR) is 76.8 cm³/mol. The first-order valence-electron chi connectivity index (χ1n) is 6.59. The van der Waals surface area contributed by atoms with E-state index in [1.807, 2.05) is 0 Å². The Balaban J connectivity index is 2.26. The van der Waals surface area contributed by atoms with Gasteiger partial charge in [-0.05, 0) is 6.42 Å². The maximum Gasteiger partial charge on any atom is 0.226 e. The van der Waals surface area contributed by atoms with Gasteiger partial charge >= 0.3 is 0 Å². The number of hydrogen-bond donors (Lipinski definition) is 4. The van der Waals surface area contributed by atoms with Crippen molar-refractivity contribution in [3.05, 3.63) is 6.33 Å². The monoisotopic (exact) mass is 280 g/mol. The first-order valence-corrected chi connectivity index (χ1v) is 6.59. The van der Waals surface area contributed by atoms with E-state index in [-0.39, 0.29) is 12.6 Å². The molecule has 2 aromatic heterocycles. The predicted octanol–water partition coefficient (Wildman–Crippen LogP) is 0.594. The van der Waals surface area contributed by atoms with E-state index in [4.69, 9.17) is 4.74 Å². The van der Waals surface area contributed by atoms with Crippen molar-refractivity contribution in [2.75, 3.05) is 37.5 Å². The molecule has 2 heterocycles. The van der Waals surface area contributed by atoms with Crippen LogP contribution in [0.1, 0.15) is 13.3 Å². The lowest BCUT2D eigenvalue weighted by Crippen LogP contribution is -2.29. The second kappa shape index (κ2) is 7.01. The van der Waals surface area contributed by atoms with Gasteiger partial charge in [-0.2, -0.15) is 9.97 Å². The number of anilines is 2. The van der Waals surface area contributed by atoms with Gasteiger partial charge in [0, 0.05) is 13.7 Å². The largest absolute Gasteiger partial charge is 0.394 e. The Kier molecular flexibility index (Phi) is 5.08. The second-order valence-electron chi connectivity index (χ2n) is 4.40. The molecule has 0 bridgehead atoms. The van der Waals surface area contributed by atoms with E-state index in [1.165, 1.54) is 0 Å². The molecule has 0 fully saturated rings. The molecule has 4 N–H and O–H groups in total. The summed E-state index contributed by atoms with van der Waals surface area (Å²) < 4.78 is 5.05. The third kappa shape index (κ3) is 3.34. The van der Waals surface area contributed by atoms with Crippen molar-refractivity contribution < 1.29 is 9.84 Å². The standard InChI is InChI=1S/C12H20N6O2/c1-3-4-13-12-17-10-9(14-7-15-10)11(18-12)16-8(5-19)6-20-2/h7-8,19H,3-6H2,1-2H3,(H3,13,14,15,16,17,18). The summed E-state index contributed by atoms with van der Waals surface area (Å²) in [5.74, 6) is 1.12. The Morgan fingerprint density at radius 1 is 1.45 bits per heavy atom. The summed E-state index contributed by atoms with van der Waals surface area (Å²) in [4.78, 5) is 15.9. The number of H-pyrrole nitrogens is 1. The van der Waals surface area contributed by atoms with Crippen LogP contribution >= 0.6 is 0 Å². The fourth-order valence-corrected chi connectivity index (χ4v) is 1.79. The smallest absolute Gasteiger partial charge is 0.226 e. The van der Waals surface area contributed by atoms with Crippen LogP contribution in [0.5, 0.6) is 0 Å². The Labute approximate surface area is 117 Å². The summed E-state index contributed by atoms with van der Waals surface area (Å²) in [5.41, 5.74) is 1.29. The fourth-order valence-electron chi connectivity index (χ4n) is 1.79. The van der Waals surface area contributed by atoms with Gasteiger partial charge in [-0.15, -0.1) is 0 Å². The average Bonchev–Trinajstić information content (AvgIpc) is 2.93. The molecule has 0 aliphatic rings. The normalized spacial score (nSPS) is 12.6. The topological polar surface area (TPSA) is 108 Å². The molecule has 0 radical (unpaired) electrons. The van der Waals surface area contributed by atoms with Crippen LogP contribution in [0, 0.1) is 0 Å². The zero-order valence-electron chi connectivity index (χ0n) is 11.7. The number of hydrogen-bond acceptors (Lipinski definition) is 7. The van der Waals surface area contributed by atoms with Gasteiger partial charge in [0.25, 0.3) is 0 Å². The molecule has 20 heavy (non-hydrogen) atoms. The summed E-state index contributed by atoms with van der Waals surface area (Å²) in [6, 6.07) is -0.236. The lowest BCUT2D eigenvalue weighted by atomic mass is 10.3. The first-order chi connectivity index (χ1) is 9.78. The molecule has 2 aromatic rings. The zero-order valence-corrected chi connectivity index (χ0v) is 11.7. The van der Waals surface area contributed by atoms with E-state index in [0.29, 0.717) is 29.5 Å². The molecule has 0 aliphatic carbocycles. The third-order valence-electron chi connectivity index (χ3n) is 2.75. The van der Waals surface area contributed by atoms with Crippen molar-refractivity contribution in [3.8, 4) is 0 Å². The molecule has 1 unspecified atom stereocenters. The van der Waals surface area contributed by atoms with Gasteiger partial charge in [-0.1, -0.05) is 6.92 Å². The van der Waals surface area contributed by atoms with Gasteiger partial charge in [-0.3, -0.25) is 0 Å². The number of nitrogens with one attached hydrogen (secondary N) is 3. The molecule has 0 saturated carbocycles. The van der Waals surface area contributed by atoms with Gasteiger partial charge < -0.3 is 25.5 Å². The van der Waals surface area contributed by atoms with Gasteiger partial charge in [0.05, 0.1) is 25.6 Å². The van der Waals surface area contributed by atoms with Crippen LogP contribution in [0.25, 0.3) is 11.2 Å².